The molecule has 0 bridgehead atoms. The van der Waals surface area contributed by atoms with E-state index in [-0.39, 0.29) is 21.9 Å². The monoisotopic (exact) mass is 297 g/mol. The third-order valence-corrected chi connectivity index (χ3v) is 5.56. The second-order valence-corrected chi connectivity index (χ2v) is 7.77. The van der Waals surface area contributed by atoms with E-state index in [0.29, 0.717) is 11.1 Å². The van der Waals surface area contributed by atoms with Gasteiger partial charge in [-0.05, 0) is 48.9 Å². The van der Waals surface area contributed by atoms with E-state index in [0.717, 1.165) is 6.42 Å². The summed E-state index contributed by atoms with van der Waals surface area (Å²) in [6, 6.07) is 2.63. The first-order valence-corrected chi connectivity index (χ1v) is 7.90. The molecule has 0 saturated heterocycles. The van der Waals surface area contributed by atoms with Gasteiger partial charge in [0.1, 0.15) is 0 Å². The van der Waals surface area contributed by atoms with Crippen LogP contribution >= 0.6 is 0 Å². The average Bonchev–Trinajstić information content (AvgIpc) is 2.87. The Morgan fingerprint density at radius 3 is 2.35 bits per heavy atom. The summed E-state index contributed by atoms with van der Waals surface area (Å²) in [5.74, 6) is -1.13. The molecule has 0 aliphatic heterocycles. The van der Waals surface area contributed by atoms with E-state index in [1.54, 1.807) is 13.8 Å². The summed E-state index contributed by atoms with van der Waals surface area (Å²) in [6.07, 6.45) is 0.795. The van der Waals surface area contributed by atoms with Gasteiger partial charge in [-0.15, -0.1) is 0 Å². The van der Waals surface area contributed by atoms with E-state index in [4.69, 9.17) is 5.11 Å². The molecule has 0 heterocycles. The van der Waals surface area contributed by atoms with E-state index in [9.17, 15) is 13.2 Å². The van der Waals surface area contributed by atoms with Crippen LogP contribution in [0.3, 0.4) is 0 Å². The zero-order valence-electron chi connectivity index (χ0n) is 12.0. The fourth-order valence-corrected chi connectivity index (χ4v) is 3.90. The van der Waals surface area contributed by atoms with Crippen LogP contribution in [0.15, 0.2) is 17.0 Å². The van der Waals surface area contributed by atoms with E-state index in [1.807, 2.05) is 13.8 Å². The van der Waals surface area contributed by atoms with Gasteiger partial charge in [0.2, 0.25) is 10.0 Å². The molecule has 1 aromatic rings. The quantitative estimate of drug-likeness (QED) is 0.891. The molecule has 1 aliphatic rings. The van der Waals surface area contributed by atoms with Crippen molar-refractivity contribution < 1.29 is 18.3 Å². The maximum atomic E-state index is 12.4. The van der Waals surface area contributed by atoms with Gasteiger partial charge in [-0.1, -0.05) is 13.8 Å². The van der Waals surface area contributed by atoms with Crippen molar-refractivity contribution in [3.05, 3.63) is 28.8 Å². The van der Waals surface area contributed by atoms with Gasteiger partial charge in [0.15, 0.2) is 0 Å². The Hall–Kier alpha value is -1.40. The van der Waals surface area contributed by atoms with Crippen LogP contribution in [0.1, 0.15) is 41.8 Å². The number of sulfonamides is 1. The molecule has 0 amide bonds. The van der Waals surface area contributed by atoms with Crippen LogP contribution in [0, 0.1) is 19.3 Å². The zero-order chi connectivity index (χ0) is 15.3. The van der Waals surface area contributed by atoms with Gasteiger partial charge in [0.25, 0.3) is 0 Å². The van der Waals surface area contributed by atoms with E-state index in [2.05, 4.69) is 4.72 Å². The highest BCUT2D eigenvalue weighted by Crippen LogP contribution is 2.45. The minimum absolute atomic E-state index is 0.0106. The van der Waals surface area contributed by atoms with Gasteiger partial charge < -0.3 is 5.11 Å². The summed E-state index contributed by atoms with van der Waals surface area (Å²) in [6.45, 7) is 7.38. The van der Waals surface area contributed by atoms with Crippen LogP contribution in [-0.4, -0.2) is 25.5 Å². The number of nitrogens with one attached hydrogen (secondary N) is 1. The molecule has 5 nitrogen and oxygen atoms in total. The summed E-state index contributed by atoms with van der Waals surface area (Å²) in [7, 11) is -3.69. The Morgan fingerprint density at radius 1 is 1.35 bits per heavy atom. The minimum Gasteiger partial charge on any atom is -0.478 e. The van der Waals surface area contributed by atoms with E-state index in [1.165, 1.54) is 12.1 Å². The maximum Gasteiger partial charge on any atom is 0.335 e. The number of aryl methyl sites for hydroxylation is 1. The average molecular weight is 297 g/mol. The maximum absolute atomic E-state index is 12.4. The summed E-state index contributed by atoms with van der Waals surface area (Å²) in [4.78, 5) is 11.1. The fourth-order valence-electron chi connectivity index (χ4n) is 2.15. The molecule has 20 heavy (non-hydrogen) atoms. The van der Waals surface area contributed by atoms with Crippen molar-refractivity contribution in [2.45, 2.75) is 45.1 Å². The van der Waals surface area contributed by atoms with Gasteiger partial charge in [0.05, 0.1) is 10.5 Å². The summed E-state index contributed by atoms with van der Waals surface area (Å²) in [5.41, 5.74) is 1.20. The molecule has 0 spiro atoms. The van der Waals surface area contributed by atoms with Crippen molar-refractivity contribution in [2.24, 2.45) is 5.41 Å². The topological polar surface area (TPSA) is 83.5 Å². The second-order valence-electron chi connectivity index (χ2n) is 6.09. The first kappa shape index (κ1) is 15.0. The number of carboxylic acids is 1. The number of hydrogen-bond acceptors (Lipinski definition) is 3. The van der Waals surface area contributed by atoms with Crippen LogP contribution < -0.4 is 4.72 Å². The summed E-state index contributed by atoms with van der Waals surface area (Å²) in [5, 5.41) is 9.05. The normalized spacial score (nSPS) is 20.7. The predicted molar refractivity (Wildman–Crippen MR) is 75.4 cm³/mol. The van der Waals surface area contributed by atoms with Gasteiger partial charge in [-0.2, -0.15) is 0 Å². The first-order valence-electron chi connectivity index (χ1n) is 6.41. The molecule has 2 N–H and O–H groups in total. The Labute approximate surface area is 119 Å². The molecule has 1 atom stereocenters. The third kappa shape index (κ3) is 2.71. The molecule has 110 valence electrons. The molecule has 1 aliphatic carbocycles. The molecule has 6 heteroatoms. The summed E-state index contributed by atoms with van der Waals surface area (Å²) >= 11 is 0. The van der Waals surface area contributed by atoms with Crippen LogP contribution in [0.4, 0.5) is 0 Å². The second kappa shape index (κ2) is 4.56. The number of rotatable bonds is 4. The van der Waals surface area contributed by atoms with E-state index >= 15 is 0 Å². The third-order valence-electron chi connectivity index (χ3n) is 3.97. The molecule has 0 radical (unpaired) electrons. The molecule has 1 saturated carbocycles. The van der Waals surface area contributed by atoms with Gasteiger partial charge >= 0.3 is 5.97 Å². The van der Waals surface area contributed by atoms with Gasteiger partial charge in [0, 0.05) is 6.04 Å². The van der Waals surface area contributed by atoms with E-state index < -0.39 is 16.0 Å². The van der Waals surface area contributed by atoms with Crippen LogP contribution in [-0.2, 0) is 10.0 Å². The Morgan fingerprint density at radius 2 is 1.90 bits per heavy atom. The first-order chi connectivity index (χ1) is 9.04. The standard InChI is InChI=1S/C14H19NO4S/c1-8-5-10(13(16)17)6-11(9(8)2)20(18,19)15-12-7-14(12,3)4/h5-6,12,15H,7H2,1-4H3,(H,16,17). The zero-order valence-corrected chi connectivity index (χ0v) is 12.8. The number of hydrogen-bond donors (Lipinski definition) is 2. The molecule has 2 rings (SSSR count). The number of aromatic carboxylic acids is 1. The lowest BCUT2D eigenvalue weighted by atomic mass is 10.1. The highest BCUT2D eigenvalue weighted by molar-refractivity contribution is 7.89. The van der Waals surface area contributed by atoms with Crippen molar-refractivity contribution in [1.29, 1.82) is 0 Å². The highest BCUT2D eigenvalue weighted by atomic mass is 32.2. The fraction of sp³-hybridized carbons (Fsp3) is 0.500. The molecular weight excluding hydrogens is 278 g/mol. The Balaban J connectivity index is 2.43. The lowest BCUT2D eigenvalue weighted by Crippen LogP contribution is -2.29. The summed E-state index contributed by atoms with van der Waals surface area (Å²) < 4.78 is 27.5. The van der Waals surface area contributed by atoms with Crippen molar-refractivity contribution in [3.63, 3.8) is 0 Å². The molecule has 0 aromatic heterocycles. The van der Waals surface area contributed by atoms with Crippen LogP contribution in [0.2, 0.25) is 0 Å². The highest BCUT2D eigenvalue weighted by Gasteiger charge is 2.48. The van der Waals surface area contributed by atoms with Gasteiger partial charge in [-0.3, -0.25) is 0 Å². The SMILES string of the molecule is Cc1cc(C(=O)O)cc(S(=O)(=O)NC2CC2(C)C)c1C. The van der Waals surface area contributed by atoms with Crippen molar-refractivity contribution in [3.8, 4) is 0 Å². The lowest BCUT2D eigenvalue weighted by Gasteiger charge is -2.13. The predicted octanol–water partition coefficient (Wildman–Crippen LogP) is 2.08. The van der Waals surface area contributed by atoms with Crippen LogP contribution in [0.5, 0.6) is 0 Å². The Bertz CT molecular complexity index is 677. The molecule has 1 unspecified atom stereocenters. The van der Waals surface area contributed by atoms with Crippen LogP contribution in [0.25, 0.3) is 0 Å². The van der Waals surface area contributed by atoms with Crippen molar-refractivity contribution >= 4 is 16.0 Å². The Kier molecular flexibility index (Phi) is 3.42. The molecular formula is C14H19NO4S. The molecule has 1 aromatic carbocycles. The lowest BCUT2D eigenvalue weighted by molar-refractivity contribution is 0.0696. The van der Waals surface area contributed by atoms with Crippen molar-refractivity contribution in [2.75, 3.05) is 0 Å². The number of benzene rings is 1. The minimum atomic E-state index is -3.69. The molecule has 1 fully saturated rings. The number of carbonyl (C=O) groups is 1. The van der Waals surface area contributed by atoms with Crippen molar-refractivity contribution in [1.82, 2.24) is 4.72 Å². The van der Waals surface area contributed by atoms with Gasteiger partial charge in [-0.25, -0.2) is 17.9 Å². The largest absolute Gasteiger partial charge is 0.478 e. The smallest absolute Gasteiger partial charge is 0.335 e. The number of carboxylic acid groups (broad SMARTS) is 1.